The molecule has 7 heterocycles. The van der Waals surface area contributed by atoms with Gasteiger partial charge in [-0.2, -0.15) is 13.2 Å². The van der Waals surface area contributed by atoms with E-state index in [9.17, 15) is 32.3 Å². The Kier molecular flexibility index (Phi) is 12.7. The van der Waals surface area contributed by atoms with Crippen LogP contribution >= 0.6 is 11.3 Å². The summed E-state index contributed by atoms with van der Waals surface area (Å²) in [5, 5.41) is 5.94. The van der Waals surface area contributed by atoms with Gasteiger partial charge in [0.05, 0.1) is 71.7 Å². The number of methoxy groups -OCH3 is 2. The van der Waals surface area contributed by atoms with E-state index in [1.165, 1.54) is 32.5 Å². The van der Waals surface area contributed by atoms with Crippen molar-refractivity contribution in [2.45, 2.75) is 89.9 Å². The topological polar surface area (TPSA) is 189 Å². The number of hydrogen-bond donors (Lipinski definition) is 4. The summed E-state index contributed by atoms with van der Waals surface area (Å²) in [7, 11) is 2.47. The monoisotopic (exact) mass is 973 g/mol. The molecular formula is C48H51F4N9O7S. The van der Waals surface area contributed by atoms with Crippen molar-refractivity contribution in [1.29, 1.82) is 0 Å². The molecule has 5 unspecified atom stereocenters. The van der Waals surface area contributed by atoms with Gasteiger partial charge < -0.3 is 44.6 Å². The number of nitrogens with one attached hydrogen (secondary N) is 4. The van der Waals surface area contributed by atoms with E-state index in [1.807, 2.05) is 39.8 Å². The summed E-state index contributed by atoms with van der Waals surface area (Å²) in [5.41, 5.74) is 3.22. The van der Waals surface area contributed by atoms with Crippen molar-refractivity contribution in [2.75, 3.05) is 27.3 Å². The summed E-state index contributed by atoms with van der Waals surface area (Å²) in [6.45, 7) is 8.24. The van der Waals surface area contributed by atoms with Crippen LogP contribution in [-0.2, 0) is 25.2 Å². The number of imidazole rings is 2. The average molecular weight is 974 g/mol. The molecule has 364 valence electrons. The number of alkyl carbamates (subject to hydrolysis) is 2. The number of carbonyl (C=O) groups excluding carboxylic acids is 4. The molecule has 6 aromatic rings. The normalized spacial score (nSPS) is 18.8. The zero-order valence-corrected chi connectivity index (χ0v) is 39.4. The van der Waals surface area contributed by atoms with Crippen LogP contribution in [0.3, 0.4) is 0 Å². The van der Waals surface area contributed by atoms with Gasteiger partial charge in [-0.15, -0.1) is 11.3 Å². The number of aromatic nitrogens is 5. The molecule has 4 amide bonds. The number of fused-ring (bicyclic) bond motifs is 5. The van der Waals surface area contributed by atoms with Crippen molar-refractivity contribution in [2.24, 2.45) is 11.8 Å². The first-order chi connectivity index (χ1) is 32.9. The van der Waals surface area contributed by atoms with Crippen molar-refractivity contribution in [1.82, 2.24) is 44.9 Å². The van der Waals surface area contributed by atoms with E-state index in [1.54, 1.807) is 38.8 Å². The fourth-order valence-electron chi connectivity index (χ4n) is 9.61. The molecule has 69 heavy (non-hydrogen) atoms. The number of hydrogen-bond acceptors (Lipinski definition) is 10. The van der Waals surface area contributed by atoms with Gasteiger partial charge in [0.25, 0.3) is 0 Å². The minimum absolute atomic E-state index is 0.102. The van der Waals surface area contributed by atoms with Crippen molar-refractivity contribution in [3.63, 3.8) is 0 Å². The summed E-state index contributed by atoms with van der Waals surface area (Å²) < 4.78 is 76.6. The molecule has 16 nitrogen and oxygen atoms in total. The Labute approximate surface area is 397 Å². The molecule has 0 aliphatic carbocycles. The molecule has 9 rings (SSSR count). The highest BCUT2D eigenvalue weighted by Crippen LogP contribution is 2.49. The second kappa shape index (κ2) is 18.5. The van der Waals surface area contributed by atoms with Gasteiger partial charge in [-0.1, -0.05) is 33.8 Å². The molecule has 0 spiro atoms. The third kappa shape index (κ3) is 8.87. The first kappa shape index (κ1) is 47.2. The molecule has 2 aromatic carbocycles. The van der Waals surface area contributed by atoms with Crippen LogP contribution in [0, 0.1) is 17.7 Å². The highest BCUT2D eigenvalue weighted by Gasteiger charge is 2.41. The Morgan fingerprint density at radius 2 is 1.35 bits per heavy atom. The molecule has 2 fully saturated rings. The van der Waals surface area contributed by atoms with E-state index < -0.39 is 53.4 Å². The lowest BCUT2D eigenvalue weighted by Gasteiger charge is -2.30. The van der Waals surface area contributed by atoms with Crippen LogP contribution in [0.2, 0.25) is 0 Å². The SMILES string of the molecule is COC(=O)NC(C(=O)N1CCCC1c1ncc(-c2cc(F)c3c(c2)OC(c2ccc(C(F)(F)F)s2)n2c-3cc3cc(-c4cnc(C5CCCN5C(=O)C(NC(=O)OC)C(C)C)[nH]4)ccc32)[nH]1)C(C)C. The number of rotatable bonds is 11. The molecule has 0 radical (unpaired) electrons. The van der Waals surface area contributed by atoms with Crippen LogP contribution in [0.1, 0.15) is 93.1 Å². The predicted molar refractivity (Wildman–Crippen MR) is 246 cm³/mol. The van der Waals surface area contributed by atoms with Crippen LogP contribution in [-0.4, -0.2) is 97.7 Å². The van der Waals surface area contributed by atoms with Crippen molar-refractivity contribution < 1.29 is 51.0 Å². The van der Waals surface area contributed by atoms with Crippen molar-refractivity contribution in [3.05, 3.63) is 88.1 Å². The minimum Gasteiger partial charge on any atom is -0.464 e. The van der Waals surface area contributed by atoms with Gasteiger partial charge in [-0.25, -0.2) is 23.9 Å². The Bertz CT molecular complexity index is 2940. The fraction of sp³-hybridized carbons (Fsp3) is 0.417. The molecule has 0 saturated carbocycles. The van der Waals surface area contributed by atoms with E-state index in [-0.39, 0.29) is 45.9 Å². The quantitative estimate of drug-likeness (QED) is 0.0918. The van der Waals surface area contributed by atoms with Gasteiger partial charge in [0, 0.05) is 29.6 Å². The molecule has 4 aromatic heterocycles. The van der Waals surface area contributed by atoms with Crippen LogP contribution in [0.25, 0.3) is 44.7 Å². The number of aromatic amines is 2. The standard InChI is InChI=1S/C48H51F4N9O7S/c1-23(2)39(57-46(64)66-5)43(62)59-15-7-9-32(59)41-53-21-29(55-41)25-11-12-31-27(17-25)19-34-38-28(49)18-26(20-35(38)68-45(61(31)34)36-13-14-37(69-36)48(50,51)52)30-22-54-42(56-30)33-10-8-16-60(33)44(63)40(24(3)4)58-47(65)67-6/h11-14,17-24,32-33,39-40,45H,7-10,15-16H2,1-6H3,(H,53,55)(H,54,56)(H,57,64)(H,58,65). The Morgan fingerprint density at radius 3 is 1.87 bits per heavy atom. The van der Waals surface area contributed by atoms with Crippen molar-refractivity contribution in [3.8, 4) is 39.5 Å². The fourth-order valence-corrected chi connectivity index (χ4v) is 10.5. The van der Waals surface area contributed by atoms with E-state index in [4.69, 9.17) is 14.2 Å². The second-order valence-corrected chi connectivity index (χ2v) is 19.2. The van der Waals surface area contributed by atoms with E-state index in [2.05, 4.69) is 30.6 Å². The van der Waals surface area contributed by atoms with Gasteiger partial charge in [0.1, 0.15) is 40.2 Å². The molecule has 0 bridgehead atoms. The number of likely N-dealkylation sites (tertiary alicyclic amines) is 2. The zero-order chi connectivity index (χ0) is 49.1. The van der Waals surface area contributed by atoms with Crippen LogP contribution in [0.5, 0.6) is 5.75 Å². The van der Waals surface area contributed by atoms with Crippen molar-refractivity contribution >= 4 is 46.2 Å². The van der Waals surface area contributed by atoms with Gasteiger partial charge in [-0.3, -0.25) is 14.2 Å². The summed E-state index contributed by atoms with van der Waals surface area (Å²) in [6.07, 6.45) is -1.26. The van der Waals surface area contributed by atoms with E-state index in [0.717, 1.165) is 12.5 Å². The Morgan fingerprint density at radius 1 is 0.783 bits per heavy atom. The number of thiophene rings is 1. The van der Waals surface area contributed by atoms with Gasteiger partial charge in [-0.05, 0) is 80.0 Å². The third-order valence-electron chi connectivity index (χ3n) is 13.1. The average Bonchev–Trinajstić information content (AvgIpc) is 4.18. The van der Waals surface area contributed by atoms with Crippen LogP contribution in [0.4, 0.5) is 27.2 Å². The molecular weight excluding hydrogens is 923 g/mol. The van der Waals surface area contributed by atoms with Gasteiger partial charge in [0.15, 0.2) is 0 Å². The number of halogens is 4. The molecule has 2 saturated heterocycles. The predicted octanol–water partition coefficient (Wildman–Crippen LogP) is 9.34. The lowest BCUT2D eigenvalue weighted by Crippen LogP contribution is -2.51. The number of carbonyl (C=O) groups is 4. The number of benzene rings is 2. The number of alkyl halides is 3. The molecule has 5 atom stereocenters. The first-order valence-corrected chi connectivity index (χ1v) is 23.5. The summed E-state index contributed by atoms with van der Waals surface area (Å²) in [6, 6.07) is 10.2. The lowest BCUT2D eigenvalue weighted by molar-refractivity contribution is -0.136. The number of amides is 4. The van der Waals surface area contributed by atoms with Gasteiger partial charge in [0.2, 0.25) is 18.0 Å². The largest absolute Gasteiger partial charge is 0.464 e. The lowest BCUT2D eigenvalue weighted by atomic mass is 10.0. The Hall–Kier alpha value is -6.90. The van der Waals surface area contributed by atoms with E-state index >= 15 is 4.39 Å². The molecule has 21 heteroatoms. The smallest absolute Gasteiger partial charge is 0.425 e. The maximum atomic E-state index is 16.8. The number of nitrogens with zero attached hydrogens (tertiary/aromatic N) is 5. The minimum atomic E-state index is -4.60. The highest BCUT2D eigenvalue weighted by atomic mass is 32.1. The Balaban J connectivity index is 1.04. The summed E-state index contributed by atoms with van der Waals surface area (Å²) in [5.74, 6) is -0.479. The maximum absolute atomic E-state index is 16.8. The number of H-pyrrole nitrogens is 2. The molecule has 3 aliphatic rings. The first-order valence-electron chi connectivity index (χ1n) is 22.7. The van der Waals surface area contributed by atoms with E-state index in [0.29, 0.717) is 94.4 Å². The number of ether oxygens (including phenoxy) is 3. The molecule has 4 N–H and O–H groups in total. The molecule has 3 aliphatic heterocycles. The summed E-state index contributed by atoms with van der Waals surface area (Å²) >= 11 is 0.542. The van der Waals surface area contributed by atoms with Crippen LogP contribution in [0.15, 0.2) is 60.9 Å². The zero-order valence-electron chi connectivity index (χ0n) is 38.6. The third-order valence-corrected chi connectivity index (χ3v) is 14.2. The summed E-state index contributed by atoms with van der Waals surface area (Å²) in [4.78, 5) is 70.5. The second-order valence-electron chi connectivity index (χ2n) is 18.1. The van der Waals surface area contributed by atoms with Crippen LogP contribution < -0.4 is 15.4 Å². The van der Waals surface area contributed by atoms with Gasteiger partial charge >= 0.3 is 18.4 Å². The highest BCUT2D eigenvalue weighted by molar-refractivity contribution is 7.12. The maximum Gasteiger partial charge on any atom is 0.425 e.